The van der Waals surface area contributed by atoms with E-state index >= 15 is 0 Å². The zero-order valence-electron chi connectivity index (χ0n) is 7.49. The lowest BCUT2D eigenvalue weighted by Gasteiger charge is -2.15. The molecule has 1 heterocycles. The molecule has 0 aromatic carbocycles. The van der Waals surface area contributed by atoms with E-state index in [0.717, 1.165) is 13.0 Å². The van der Waals surface area contributed by atoms with E-state index in [1.165, 1.54) is 0 Å². The molecule has 1 rings (SSSR count). The fraction of sp³-hybridized carbons (Fsp3) is 0.875. The fourth-order valence-electron chi connectivity index (χ4n) is 1.43. The van der Waals surface area contributed by atoms with Gasteiger partial charge in [0.2, 0.25) is 0 Å². The summed E-state index contributed by atoms with van der Waals surface area (Å²) >= 11 is 0. The van der Waals surface area contributed by atoms with E-state index in [-0.39, 0.29) is 6.10 Å². The quantitative estimate of drug-likeness (QED) is 0.661. The second kappa shape index (κ2) is 3.87. The Bertz CT molecular complexity index is 170. The van der Waals surface area contributed by atoms with Gasteiger partial charge in [0.25, 0.3) is 0 Å². The van der Waals surface area contributed by atoms with Crippen LogP contribution in [0.1, 0.15) is 12.8 Å². The Hall–Kier alpha value is -0.610. The van der Waals surface area contributed by atoms with Gasteiger partial charge in [-0.1, -0.05) is 0 Å². The van der Waals surface area contributed by atoms with Crippen molar-refractivity contribution in [2.75, 3.05) is 20.6 Å². The van der Waals surface area contributed by atoms with Crippen LogP contribution in [0.15, 0.2) is 0 Å². The number of carboxylic acids is 1. The van der Waals surface area contributed by atoms with Gasteiger partial charge < -0.3 is 14.7 Å². The lowest BCUT2D eigenvalue weighted by Crippen LogP contribution is -2.28. The minimum Gasteiger partial charge on any atom is -0.479 e. The van der Waals surface area contributed by atoms with Crippen molar-refractivity contribution in [2.24, 2.45) is 0 Å². The molecule has 0 spiro atoms. The van der Waals surface area contributed by atoms with E-state index in [1.54, 1.807) is 0 Å². The van der Waals surface area contributed by atoms with Gasteiger partial charge in [-0.2, -0.15) is 0 Å². The Labute approximate surface area is 72.1 Å². The van der Waals surface area contributed by atoms with Crippen molar-refractivity contribution in [3.8, 4) is 0 Å². The molecule has 0 aromatic heterocycles. The largest absolute Gasteiger partial charge is 0.479 e. The average molecular weight is 173 g/mol. The van der Waals surface area contributed by atoms with Crippen molar-refractivity contribution in [3.05, 3.63) is 0 Å². The van der Waals surface area contributed by atoms with Crippen molar-refractivity contribution in [1.82, 2.24) is 4.90 Å². The van der Waals surface area contributed by atoms with Crippen LogP contribution < -0.4 is 0 Å². The third-order valence-electron chi connectivity index (χ3n) is 1.95. The minimum absolute atomic E-state index is 0.0982. The van der Waals surface area contributed by atoms with Crippen LogP contribution in [0.2, 0.25) is 0 Å². The van der Waals surface area contributed by atoms with Crippen molar-refractivity contribution in [3.63, 3.8) is 0 Å². The molecule has 2 atom stereocenters. The molecule has 4 heteroatoms. The van der Waals surface area contributed by atoms with Gasteiger partial charge in [0.15, 0.2) is 6.10 Å². The molecule has 1 saturated heterocycles. The van der Waals surface area contributed by atoms with E-state index in [0.29, 0.717) is 6.42 Å². The van der Waals surface area contributed by atoms with Crippen molar-refractivity contribution in [2.45, 2.75) is 25.0 Å². The molecule has 1 aliphatic rings. The van der Waals surface area contributed by atoms with Gasteiger partial charge in [-0.15, -0.1) is 0 Å². The number of hydrogen-bond acceptors (Lipinski definition) is 3. The third-order valence-corrected chi connectivity index (χ3v) is 1.95. The van der Waals surface area contributed by atoms with E-state index in [4.69, 9.17) is 9.84 Å². The van der Waals surface area contributed by atoms with Gasteiger partial charge in [0.05, 0.1) is 6.10 Å². The van der Waals surface area contributed by atoms with E-state index < -0.39 is 12.1 Å². The van der Waals surface area contributed by atoms with Crippen molar-refractivity contribution < 1.29 is 14.6 Å². The highest BCUT2D eigenvalue weighted by atomic mass is 16.5. The van der Waals surface area contributed by atoms with Crippen LogP contribution in [-0.2, 0) is 9.53 Å². The van der Waals surface area contributed by atoms with Crippen molar-refractivity contribution in [1.29, 1.82) is 0 Å². The van der Waals surface area contributed by atoms with Gasteiger partial charge in [-0.3, -0.25) is 0 Å². The molecule has 0 amide bonds. The van der Waals surface area contributed by atoms with Crippen LogP contribution in [0.25, 0.3) is 0 Å². The first-order chi connectivity index (χ1) is 5.59. The van der Waals surface area contributed by atoms with Crippen LogP contribution in [0.5, 0.6) is 0 Å². The molecule has 0 unspecified atom stereocenters. The van der Waals surface area contributed by atoms with E-state index in [1.807, 2.05) is 19.0 Å². The minimum atomic E-state index is -0.837. The number of nitrogens with zero attached hydrogens (tertiary/aromatic N) is 1. The Morgan fingerprint density at radius 2 is 2.25 bits per heavy atom. The number of hydrogen-bond donors (Lipinski definition) is 1. The van der Waals surface area contributed by atoms with Gasteiger partial charge >= 0.3 is 5.97 Å². The molecule has 0 saturated carbocycles. The van der Waals surface area contributed by atoms with Crippen LogP contribution in [0, 0.1) is 0 Å². The Kier molecular flexibility index (Phi) is 3.05. The molecular formula is C8H15NO3. The highest BCUT2D eigenvalue weighted by Gasteiger charge is 2.30. The first-order valence-corrected chi connectivity index (χ1v) is 4.12. The smallest absolute Gasteiger partial charge is 0.332 e. The molecule has 0 aromatic rings. The molecule has 0 aliphatic carbocycles. The highest BCUT2D eigenvalue weighted by molar-refractivity contribution is 5.72. The number of likely N-dealkylation sites (N-methyl/N-ethyl adjacent to an activating group) is 1. The second-order valence-electron chi connectivity index (χ2n) is 3.42. The number of carboxylic acid groups (broad SMARTS) is 1. The molecule has 1 aliphatic heterocycles. The number of aliphatic carboxylic acids is 1. The number of carbonyl (C=O) groups is 1. The van der Waals surface area contributed by atoms with Gasteiger partial charge in [0.1, 0.15) is 0 Å². The second-order valence-corrected chi connectivity index (χ2v) is 3.42. The van der Waals surface area contributed by atoms with Crippen LogP contribution in [0.4, 0.5) is 0 Å². The average Bonchev–Trinajstić information content (AvgIpc) is 2.34. The monoisotopic (exact) mass is 173 g/mol. The summed E-state index contributed by atoms with van der Waals surface area (Å²) in [5, 5.41) is 8.63. The first kappa shape index (κ1) is 9.48. The summed E-state index contributed by atoms with van der Waals surface area (Å²) in [6, 6.07) is 0. The standard InChI is InChI=1S/C8H15NO3/c1-9(2)5-6-3-4-7(12-6)8(10)11/h6-7H,3-5H2,1-2H3,(H,10,11)/t6-,7+/m0/s1. The molecule has 0 radical (unpaired) electrons. The van der Waals surface area contributed by atoms with Gasteiger partial charge in [-0.25, -0.2) is 4.79 Å². The maximum absolute atomic E-state index is 10.5. The van der Waals surface area contributed by atoms with Crippen LogP contribution in [-0.4, -0.2) is 48.8 Å². The summed E-state index contributed by atoms with van der Waals surface area (Å²) in [4.78, 5) is 12.5. The Balaban J connectivity index is 2.30. The van der Waals surface area contributed by atoms with Crippen LogP contribution >= 0.6 is 0 Å². The van der Waals surface area contributed by atoms with E-state index in [9.17, 15) is 4.79 Å². The maximum Gasteiger partial charge on any atom is 0.332 e. The van der Waals surface area contributed by atoms with Crippen LogP contribution in [0.3, 0.4) is 0 Å². The lowest BCUT2D eigenvalue weighted by molar-refractivity contribution is -0.149. The molecular weight excluding hydrogens is 158 g/mol. The zero-order chi connectivity index (χ0) is 9.14. The predicted molar refractivity (Wildman–Crippen MR) is 44.1 cm³/mol. The molecule has 70 valence electrons. The SMILES string of the molecule is CN(C)C[C@@H]1CC[C@H](C(=O)O)O1. The summed E-state index contributed by atoms with van der Waals surface area (Å²) in [5.74, 6) is -0.837. The summed E-state index contributed by atoms with van der Waals surface area (Å²) in [6.45, 7) is 0.809. The summed E-state index contributed by atoms with van der Waals surface area (Å²) in [5.41, 5.74) is 0. The molecule has 4 nitrogen and oxygen atoms in total. The third kappa shape index (κ3) is 2.46. The maximum atomic E-state index is 10.5. The Morgan fingerprint density at radius 1 is 1.58 bits per heavy atom. The van der Waals surface area contributed by atoms with E-state index in [2.05, 4.69) is 0 Å². The highest BCUT2D eigenvalue weighted by Crippen LogP contribution is 2.19. The Morgan fingerprint density at radius 3 is 2.67 bits per heavy atom. The number of ether oxygens (including phenoxy) is 1. The fourth-order valence-corrected chi connectivity index (χ4v) is 1.43. The molecule has 1 fully saturated rings. The summed E-state index contributed by atoms with van der Waals surface area (Å²) in [7, 11) is 3.91. The molecule has 12 heavy (non-hydrogen) atoms. The zero-order valence-corrected chi connectivity index (χ0v) is 7.49. The van der Waals surface area contributed by atoms with Gasteiger partial charge in [0, 0.05) is 6.54 Å². The molecule has 1 N–H and O–H groups in total. The van der Waals surface area contributed by atoms with Gasteiger partial charge in [-0.05, 0) is 26.9 Å². The van der Waals surface area contributed by atoms with Crippen molar-refractivity contribution >= 4 is 5.97 Å². The first-order valence-electron chi connectivity index (χ1n) is 4.12. The summed E-state index contributed by atoms with van der Waals surface area (Å²) < 4.78 is 5.29. The normalized spacial score (nSPS) is 29.6. The lowest BCUT2D eigenvalue weighted by atomic mass is 10.2. The topological polar surface area (TPSA) is 49.8 Å². The predicted octanol–water partition coefficient (Wildman–Crippen LogP) is 0.180. The number of rotatable bonds is 3. The summed E-state index contributed by atoms with van der Waals surface area (Å²) in [6.07, 6.45) is 1.03. The molecule has 0 bridgehead atoms.